The Morgan fingerprint density at radius 3 is 1.33 bits per heavy atom. The van der Waals surface area contributed by atoms with E-state index in [0.717, 1.165) is 9.80 Å². The summed E-state index contributed by atoms with van der Waals surface area (Å²) in [5.41, 5.74) is 0. The highest BCUT2D eigenvalue weighted by atomic mass is 16.3. The number of carbonyl (C=O) groups excluding carboxylic acids is 11. The van der Waals surface area contributed by atoms with Crippen LogP contribution in [-0.2, 0) is 52.7 Å². The van der Waals surface area contributed by atoms with Crippen molar-refractivity contribution < 1.29 is 57.8 Å². The number of hydrogen-bond acceptors (Lipinski definition) is 12. The molecule has 1 unspecified atom stereocenters. The molecule has 1 fully saturated rings. The number of likely N-dealkylation sites (N-methyl/N-ethyl adjacent to an activating group) is 7. The van der Waals surface area contributed by atoms with Crippen LogP contribution in [0, 0.1) is 41.4 Å². The molecule has 486 valence electrons. The van der Waals surface area contributed by atoms with Crippen molar-refractivity contribution in [2.24, 2.45) is 41.4 Å². The SMILES string of the molecule is C/C=C/C[C@@H](C)[C@H](C)[C@@H]1C(=O)N[C@@H](CC)C(=O)N(C)CC(=O)N(C)[C@@H](CC(C)C)C(=O)N[C@@H](C(C)C)C(=O)N(C)[C@@H](CC(C)C)C(=O)N[C@@H](C)C(=O)N[C@@H](C)C(=O)N(C)[C@@H](CC(C)C)C(=O)N(C)[C@@H](CC(C)C)C(=O)N(C)[C@@H](C(C)O)C(=O)N1C. The Morgan fingerprint density at radius 1 is 0.471 bits per heavy atom. The summed E-state index contributed by atoms with van der Waals surface area (Å²) in [5, 5.41) is 22.6. The molecule has 0 aromatic carbocycles. The van der Waals surface area contributed by atoms with E-state index in [0.29, 0.717) is 6.42 Å². The minimum Gasteiger partial charge on any atom is -0.391 e. The number of nitrogens with zero attached hydrogens (tertiary/aromatic N) is 7. The van der Waals surface area contributed by atoms with E-state index in [1.807, 2.05) is 81.4 Å². The Labute approximate surface area is 508 Å². The number of allylic oxidation sites excluding steroid dienone is 2. The normalized spacial score (nSPS) is 27.2. The molecule has 0 aromatic rings. The van der Waals surface area contributed by atoms with Crippen molar-refractivity contribution in [2.45, 2.75) is 223 Å². The lowest BCUT2D eigenvalue weighted by atomic mass is 9.84. The number of amides is 11. The summed E-state index contributed by atoms with van der Waals surface area (Å²) in [6.07, 6.45) is 3.43. The molecule has 1 saturated heterocycles. The fourth-order valence-corrected chi connectivity index (χ4v) is 10.8. The van der Waals surface area contributed by atoms with Gasteiger partial charge < -0.3 is 60.7 Å². The van der Waals surface area contributed by atoms with E-state index in [9.17, 15) is 48.3 Å². The summed E-state index contributed by atoms with van der Waals surface area (Å²) in [6.45, 7) is 29.3. The molecule has 23 heteroatoms. The van der Waals surface area contributed by atoms with Gasteiger partial charge in [0.05, 0.1) is 12.6 Å². The summed E-state index contributed by atoms with van der Waals surface area (Å²) in [5.74, 6) is -9.35. The monoisotopic (exact) mass is 1200 g/mol. The summed E-state index contributed by atoms with van der Waals surface area (Å²) >= 11 is 0. The zero-order valence-electron chi connectivity index (χ0n) is 56.1. The van der Waals surface area contributed by atoms with Crippen molar-refractivity contribution in [3.63, 3.8) is 0 Å². The summed E-state index contributed by atoms with van der Waals surface area (Å²) in [6, 6.07) is -12.3. The molecule has 1 aliphatic rings. The first-order valence-electron chi connectivity index (χ1n) is 30.6. The van der Waals surface area contributed by atoms with Crippen LogP contribution >= 0.6 is 0 Å². The minimum atomic E-state index is -1.59. The van der Waals surface area contributed by atoms with Crippen molar-refractivity contribution in [1.82, 2.24) is 55.6 Å². The van der Waals surface area contributed by atoms with Crippen molar-refractivity contribution in [2.75, 3.05) is 55.9 Å². The van der Waals surface area contributed by atoms with Crippen LogP contribution in [0.15, 0.2) is 12.2 Å². The lowest BCUT2D eigenvalue weighted by Crippen LogP contribution is -2.63. The third kappa shape index (κ3) is 21.7. The van der Waals surface area contributed by atoms with Gasteiger partial charge in [-0.2, -0.15) is 0 Å². The number of hydrogen-bond donors (Lipinski definition) is 5. The molecule has 0 radical (unpaired) electrons. The lowest BCUT2D eigenvalue weighted by Gasteiger charge is -2.41. The molecule has 0 aromatic heterocycles. The summed E-state index contributed by atoms with van der Waals surface area (Å²) < 4.78 is 0. The van der Waals surface area contributed by atoms with Crippen LogP contribution in [-0.4, -0.2) is 227 Å². The van der Waals surface area contributed by atoms with Gasteiger partial charge in [-0.05, 0) is 108 Å². The van der Waals surface area contributed by atoms with Gasteiger partial charge in [-0.15, -0.1) is 0 Å². The first-order valence-corrected chi connectivity index (χ1v) is 30.6. The van der Waals surface area contributed by atoms with E-state index in [2.05, 4.69) is 21.3 Å². The smallest absolute Gasteiger partial charge is 0.248 e. The molecule has 11 amide bonds. The Kier molecular flexibility index (Phi) is 31.5. The molecular formula is C62H111N11O12. The highest BCUT2D eigenvalue weighted by molar-refractivity contribution is 5.99. The molecular weight excluding hydrogens is 1090 g/mol. The lowest BCUT2D eigenvalue weighted by molar-refractivity contribution is -0.158. The largest absolute Gasteiger partial charge is 0.391 e. The van der Waals surface area contributed by atoms with Gasteiger partial charge in [0.1, 0.15) is 60.4 Å². The zero-order valence-corrected chi connectivity index (χ0v) is 56.1. The fourth-order valence-electron chi connectivity index (χ4n) is 10.8. The summed E-state index contributed by atoms with van der Waals surface area (Å²) in [7, 11) is 9.86. The van der Waals surface area contributed by atoms with Crippen LogP contribution < -0.4 is 21.3 Å². The molecule has 1 rings (SSSR count). The standard InChI is InChI=1S/C62H111N11O12/c1-25-27-28-39(13)40(14)51-56(79)65-44(26-2)58(81)67(18)33-49(75)68(19)45(29-34(3)4)55(78)66-50(38(11)12)61(84)69(20)46(30-35(5)6)54(77)63-41(15)53(76)64-42(16)57(80)70(21)47(31-36(7)8)59(82)71(22)48(32-37(9)10)60(83)73(24)52(43(17)74)62(85)72(51)23/h25,27,34-48,50-52,74H,26,28-33H2,1-24H3,(H,63,77)(H,64,76)(H,65,79)(H,66,78)/b27-25+/t39-,40+,41+,42+,43?,44+,45+,46+,47+,48+,50+,51-,52+/m1/s1. The third-order valence-corrected chi connectivity index (χ3v) is 16.4. The minimum absolute atomic E-state index is 0.0645. The molecule has 0 bridgehead atoms. The van der Waals surface area contributed by atoms with Gasteiger partial charge in [0, 0.05) is 49.3 Å². The van der Waals surface area contributed by atoms with Crippen LogP contribution in [0.25, 0.3) is 0 Å². The number of nitrogens with one attached hydrogen (secondary N) is 4. The van der Waals surface area contributed by atoms with Crippen molar-refractivity contribution >= 4 is 65.0 Å². The second-order valence-electron chi connectivity index (χ2n) is 26.0. The Balaban J connectivity index is 4.32. The van der Waals surface area contributed by atoms with E-state index in [1.54, 1.807) is 27.7 Å². The molecule has 1 heterocycles. The van der Waals surface area contributed by atoms with Crippen LogP contribution in [0.1, 0.15) is 156 Å². The van der Waals surface area contributed by atoms with Crippen molar-refractivity contribution in [3.8, 4) is 0 Å². The van der Waals surface area contributed by atoms with Crippen molar-refractivity contribution in [3.05, 3.63) is 12.2 Å². The number of carbonyl (C=O) groups is 11. The topological polar surface area (TPSA) is 279 Å². The van der Waals surface area contributed by atoms with Gasteiger partial charge in [0.25, 0.3) is 0 Å². The van der Waals surface area contributed by atoms with Gasteiger partial charge in [0.2, 0.25) is 65.0 Å². The third-order valence-electron chi connectivity index (χ3n) is 16.4. The highest BCUT2D eigenvalue weighted by Crippen LogP contribution is 2.27. The molecule has 1 aliphatic heterocycles. The van der Waals surface area contributed by atoms with E-state index in [-0.39, 0.29) is 61.7 Å². The van der Waals surface area contributed by atoms with Crippen LogP contribution in [0.3, 0.4) is 0 Å². The molecule has 23 nitrogen and oxygen atoms in total. The van der Waals surface area contributed by atoms with Crippen LogP contribution in [0.4, 0.5) is 0 Å². The van der Waals surface area contributed by atoms with E-state index < -0.39 is 150 Å². The molecule has 85 heavy (non-hydrogen) atoms. The van der Waals surface area contributed by atoms with Gasteiger partial charge in [-0.25, -0.2) is 0 Å². The molecule has 0 spiro atoms. The van der Waals surface area contributed by atoms with E-state index >= 15 is 9.59 Å². The Hall–Kier alpha value is -6.13. The zero-order chi connectivity index (χ0) is 66.0. The number of aliphatic hydroxyl groups excluding tert-OH is 1. The Bertz CT molecular complexity index is 2330. The van der Waals surface area contributed by atoms with Crippen molar-refractivity contribution in [1.29, 1.82) is 0 Å². The van der Waals surface area contributed by atoms with Gasteiger partial charge in [-0.3, -0.25) is 52.7 Å². The van der Waals surface area contributed by atoms with Gasteiger partial charge in [0.15, 0.2) is 0 Å². The quantitative estimate of drug-likeness (QED) is 0.148. The predicted octanol–water partition coefficient (Wildman–Crippen LogP) is 3.27. The second-order valence-corrected chi connectivity index (χ2v) is 26.0. The summed E-state index contributed by atoms with van der Waals surface area (Å²) in [4.78, 5) is 168. The van der Waals surface area contributed by atoms with Gasteiger partial charge >= 0.3 is 0 Å². The van der Waals surface area contributed by atoms with E-state index in [4.69, 9.17) is 0 Å². The highest BCUT2D eigenvalue weighted by Gasteiger charge is 2.45. The first kappa shape index (κ1) is 76.9. The number of rotatable bonds is 15. The fraction of sp³-hybridized carbons (Fsp3) is 0.790. The maximum atomic E-state index is 15.1. The molecule has 0 saturated carbocycles. The average Bonchev–Trinajstić information content (AvgIpc) is 3.62. The first-order chi connectivity index (χ1) is 39.2. The van der Waals surface area contributed by atoms with Crippen LogP contribution in [0.5, 0.6) is 0 Å². The average molecular weight is 1200 g/mol. The van der Waals surface area contributed by atoms with Gasteiger partial charge in [-0.1, -0.05) is 102 Å². The molecule has 0 aliphatic carbocycles. The second kappa shape index (κ2) is 34.9. The molecule has 13 atom stereocenters. The predicted molar refractivity (Wildman–Crippen MR) is 328 cm³/mol. The van der Waals surface area contributed by atoms with E-state index in [1.165, 1.54) is 94.6 Å². The maximum Gasteiger partial charge on any atom is 0.248 e. The van der Waals surface area contributed by atoms with Crippen LogP contribution in [0.2, 0.25) is 0 Å². The maximum absolute atomic E-state index is 15.1. The molecule has 5 N–H and O–H groups in total. The number of aliphatic hydroxyl groups is 1. The Morgan fingerprint density at radius 2 is 0.882 bits per heavy atom.